The van der Waals surface area contributed by atoms with Crippen LogP contribution in [-0.2, 0) is 6.54 Å². The lowest BCUT2D eigenvalue weighted by Gasteiger charge is -2.08. The van der Waals surface area contributed by atoms with Crippen molar-refractivity contribution in [3.63, 3.8) is 0 Å². The molecule has 0 aliphatic heterocycles. The third-order valence-electron chi connectivity index (χ3n) is 2.15. The number of hydrogen-bond acceptors (Lipinski definition) is 4. The second-order valence-corrected chi connectivity index (χ2v) is 4.14. The molecule has 0 aliphatic carbocycles. The lowest BCUT2D eigenvalue weighted by Crippen LogP contribution is -2.02. The molecule has 2 aromatic rings. The summed E-state index contributed by atoms with van der Waals surface area (Å²) >= 11 is 1.60. The van der Waals surface area contributed by atoms with E-state index < -0.39 is 0 Å². The molecule has 0 atom stereocenters. The molecule has 0 bridgehead atoms. The molecular formula is C11H13N3S. The Hall–Kier alpha value is -1.55. The summed E-state index contributed by atoms with van der Waals surface area (Å²) in [6.45, 7) is 2.75. The van der Waals surface area contributed by atoms with E-state index in [9.17, 15) is 0 Å². The summed E-state index contributed by atoms with van der Waals surface area (Å²) in [5, 5.41) is 5.29. The van der Waals surface area contributed by atoms with E-state index in [1.807, 2.05) is 36.0 Å². The van der Waals surface area contributed by atoms with Crippen molar-refractivity contribution in [2.45, 2.75) is 13.5 Å². The summed E-state index contributed by atoms with van der Waals surface area (Å²) < 4.78 is 0. The highest BCUT2D eigenvalue weighted by atomic mass is 32.1. The molecule has 4 heteroatoms. The quantitative estimate of drug-likeness (QED) is 0.780. The molecule has 78 valence electrons. The van der Waals surface area contributed by atoms with Crippen LogP contribution in [0.15, 0.2) is 29.1 Å². The molecule has 0 radical (unpaired) electrons. The first-order chi connectivity index (χ1) is 7.25. The number of rotatable bonds is 3. The SMILES string of the molecule is Cc1ccc(NCc2cscn2)c(N)c1. The van der Waals surface area contributed by atoms with Gasteiger partial charge in [0.1, 0.15) is 0 Å². The van der Waals surface area contributed by atoms with Crippen LogP contribution in [0.25, 0.3) is 0 Å². The maximum atomic E-state index is 5.88. The fraction of sp³-hybridized carbons (Fsp3) is 0.182. The first-order valence-electron chi connectivity index (χ1n) is 4.73. The fourth-order valence-corrected chi connectivity index (χ4v) is 1.91. The van der Waals surface area contributed by atoms with Crippen molar-refractivity contribution in [1.82, 2.24) is 4.98 Å². The van der Waals surface area contributed by atoms with E-state index in [1.54, 1.807) is 11.3 Å². The predicted octanol–water partition coefficient (Wildman–Crippen LogP) is 2.65. The minimum absolute atomic E-state index is 0.719. The molecule has 15 heavy (non-hydrogen) atoms. The van der Waals surface area contributed by atoms with E-state index in [4.69, 9.17) is 5.73 Å². The minimum Gasteiger partial charge on any atom is -0.397 e. The summed E-state index contributed by atoms with van der Waals surface area (Å²) in [4.78, 5) is 4.19. The number of thiazole rings is 1. The summed E-state index contributed by atoms with van der Waals surface area (Å²) in [5.41, 5.74) is 11.7. The van der Waals surface area contributed by atoms with E-state index >= 15 is 0 Å². The van der Waals surface area contributed by atoms with Gasteiger partial charge in [-0.15, -0.1) is 11.3 Å². The van der Waals surface area contributed by atoms with Crippen LogP contribution < -0.4 is 11.1 Å². The monoisotopic (exact) mass is 219 g/mol. The second kappa shape index (κ2) is 4.31. The largest absolute Gasteiger partial charge is 0.397 e. The number of benzene rings is 1. The van der Waals surface area contributed by atoms with Crippen LogP contribution in [-0.4, -0.2) is 4.98 Å². The zero-order valence-electron chi connectivity index (χ0n) is 8.53. The Morgan fingerprint density at radius 2 is 2.33 bits per heavy atom. The van der Waals surface area contributed by atoms with E-state index in [1.165, 1.54) is 5.56 Å². The van der Waals surface area contributed by atoms with Gasteiger partial charge in [-0.25, -0.2) is 4.98 Å². The molecule has 1 aromatic carbocycles. The third-order valence-corrected chi connectivity index (χ3v) is 2.79. The topological polar surface area (TPSA) is 50.9 Å². The average molecular weight is 219 g/mol. The molecule has 2 rings (SSSR count). The minimum atomic E-state index is 0.719. The van der Waals surface area contributed by atoms with Gasteiger partial charge in [-0.3, -0.25) is 0 Å². The van der Waals surface area contributed by atoms with Crippen LogP contribution >= 0.6 is 11.3 Å². The number of nitrogen functional groups attached to an aromatic ring is 1. The highest BCUT2D eigenvalue weighted by Gasteiger charge is 1.99. The standard InChI is InChI=1S/C11H13N3S/c1-8-2-3-11(10(12)4-8)13-5-9-6-15-7-14-9/h2-4,6-7,13H,5,12H2,1H3. The van der Waals surface area contributed by atoms with Crippen molar-refractivity contribution >= 4 is 22.7 Å². The Morgan fingerprint density at radius 1 is 1.47 bits per heavy atom. The van der Waals surface area contributed by atoms with Gasteiger partial charge in [-0.2, -0.15) is 0 Å². The lowest BCUT2D eigenvalue weighted by atomic mass is 10.2. The molecule has 0 spiro atoms. The molecule has 0 amide bonds. The van der Waals surface area contributed by atoms with Crippen molar-refractivity contribution in [1.29, 1.82) is 0 Å². The molecule has 0 aliphatic rings. The van der Waals surface area contributed by atoms with E-state index in [2.05, 4.69) is 10.3 Å². The van der Waals surface area contributed by atoms with Crippen molar-refractivity contribution in [3.8, 4) is 0 Å². The fourth-order valence-electron chi connectivity index (χ4n) is 1.35. The Balaban J connectivity index is 2.05. The molecule has 3 nitrogen and oxygen atoms in total. The number of anilines is 2. The van der Waals surface area contributed by atoms with Crippen molar-refractivity contribution in [2.24, 2.45) is 0 Å². The smallest absolute Gasteiger partial charge is 0.0795 e. The Kier molecular flexibility index (Phi) is 2.87. The highest BCUT2D eigenvalue weighted by molar-refractivity contribution is 7.07. The van der Waals surface area contributed by atoms with Gasteiger partial charge in [0.15, 0.2) is 0 Å². The first-order valence-corrected chi connectivity index (χ1v) is 5.67. The second-order valence-electron chi connectivity index (χ2n) is 3.42. The summed E-state index contributed by atoms with van der Waals surface area (Å²) in [7, 11) is 0. The molecule has 0 saturated carbocycles. The maximum Gasteiger partial charge on any atom is 0.0795 e. The molecule has 1 heterocycles. The lowest BCUT2D eigenvalue weighted by molar-refractivity contribution is 1.07. The van der Waals surface area contributed by atoms with Gasteiger partial charge in [-0.1, -0.05) is 6.07 Å². The van der Waals surface area contributed by atoms with Crippen LogP contribution in [0.2, 0.25) is 0 Å². The molecule has 1 aromatic heterocycles. The summed E-state index contributed by atoms with van der Waals surface area (Å²) in [5.74, 6) is 0. The Labute approximate surface area is 93.0 Å². The normalized spacial score (nSPS) is 10.2. The zero-order valence-corrected chi connectivity index (χ0v) is 9.34. The maximum absolute atomic E-state index is 5.88. The number of nitrogens with zero attached hydrogens (tertiary/aromatic N) is 1. The van der Waals surface area contributed by atoms with Crippen LogP contribution in [0.1, 0.15) is 11.3 Å². The summed E-state index contributed by atoms with van der Waals surface area (Å²) in [6, 6.07) is 6.00. The van der Waals surface area contributed by atoms with Gasteiger partial charge >= 0.3 is 0 Å². The van der Waals surface area contributed by atoms with Crippen LogP contribution in [0.4, 0.5) is 11.4 Å². The number of hydrogen-bond donors (Lipinski definition) is 2. The van der Waals surface area contributed by atoms with Crippen LogP contribution in [0.5, 0.6) is 0 Å². The number of aromatic nitrogens is 1. The molecule has 0 fully saturated rings. The molecular weight excluding hydrogens is 206 g/mol. The van der Waals surface area contributed by atoms with Crippen LogP contribution in [0, 0.1) is 6.92 Å². The molecule has 3 N–H and O–H groups in total. The van der Waals surface area contributed by atoms with Crippen LogP contribution in [0.3, 0.4) is 0 Å². The first kappa shape index (κ1) is 9.98. The number of aryl methyl sites for hydroxylation is 1. The van der Waals surface area contributed by atoms with Gasteiger partial charge in [0, 0.05) is 5.38 Å². The van der Waals surface area contributed by atoms with Crippen molar-refractivity contribution in [3.05, 3.63) is 40.3 Å². The van der Waals surface area contributed by atoms with Gasteiger partial charge in [0.25, 0.3) is 0 Å². The number of nitrogens with one attached hydrogen (secondary N) is 1. The van der Waals surface area contributed by atoms with Gasteiger partial charge in [0.05, 0.1) is 29.1 Å². The Bertz CT molecular complexity index is 437. The van der Waals surface area contributed by atoms with E-state index in [0.29, 0.717) is 0 Å². The average Bonchev–Trinajstić information content (AvgIpc) is 2.69. The van der Waals surface area contributed by atoms with Crippen molar-refractivity contribution < 1.29 is 0 Å². The van der Waals surface area contributed by atoms with E-state index in [0.717, 1.165) is 23.6 Å². The summed E-state index contributed by atoms with van der Waals surface area (Å²) in [6.07, 6.45) is 0. The molecule has 0 saturated heterocycles. The number of nitrogens with two attached hydrogens (primary N) is 1. The van der Waals surface area contributed by atoms with E-state index in [-0.39, 0.29) is 0 Å². The molecule has 0 unspecified atom stereocenters. The predicted molar refractivity (Wildman–Crippen MR) is 65.0 cm³/mol. The zero-order chi connectivity index (χ0) is 10.7. The van der Waals surface area contributed by atoms with Gasteiger partial charge < -0.3 is 11.1 Å². The van der Waals surface area contributed by atoms with Gasteiger partial charge in [0.2, 0.25) is 0 Å². The third kappa shape index (κ3) is 2.47. The Morgan fingerprint density at radius 3 is 3.00 bits per heavy atom. The highest BCUT2D eigenvalue weighted by Crippen LogP contribution is 2.20. The van der Waals surface area contributed by atoms with Crippen molar-refractivity contribution in [2.75, 3.05) is 11.1 Å². The van der Waals surface area contributed by atoms with Gasteiger partial charge in [-0.05, 0) is 24.6 Å².